The average molecular weight is 420 g/mol. The Morgan fingerprint density at radius 2 is 1.86 bits per heavy atom. The number of pyridine rings is 1. The van der Waals surface area contributed by atoms with Crippen LogP contribution in [0.1, 0.15) is 34.5 Å². The Labute approximate surface area is 169 Å². The van der Waals surface area contributed by atoms with Crippen LogP contribution in [-0.4, -0.2) is 56.1 Å². The van der Waals surface area contributed by atoms with Crippen molar-refractivity contribution < 1.29 is 27.5 Å². The second kappa shape index (κ2) is 8.46. The summed E-state index contributed by atoms with van der Waals surface area (Å²) in [6, 6.07) is 7.41. The first-order valence-corrected chi connectivity index (χ1v) is 11.2. The molecule has 1 aliphatic rings. The number of carbonyl (C=O) groups excluding carboxylic acids is 2. The summed E-state index contributed by atoms with van der Waals surface area (Å²) in [5.41, 5.74) is 2.06. The molecule has 1 saturated heterocycles. The Morgan fingerprint density at radius 1 is 1.21 bits per heavy atom. The highest BCUT2D eigenvalue weighted by Gasteiger charge is 2.30. The van der Waals surface area contributed by atoms with E-state index >= 15 is 0 Å². The maximum atomic E-state index is 12.5. The lowest BCUT2D eigenvalue weighted by Crippen LogP contribution is -2.40. The lowest BCUT2D eigenvalue weighted by molar-refractivity contribution is -0.151. The molecule has 3 rings (SSSR count). The Morgan fingerprint density at radius 3 is 2.48 bits per heavy atom. The number of benzene rings is 1. The monoisotopic (exact) mass is 420 g/mol. The van der Waals surface area contributed by atoms with Crippen LogP contribution in [0, 0.1) is 12.8 Å². The number of aromatic nitrogens is 1. The van der Waals surface area contributed by atoms with Gasteiger partial charge >= 0.3 is 11.9 Å². The number of hydrogen-bond donors (Lipinski definition) is 0. The zero-order chi connectivity index (χ0) is 21.2. The molecular weight excluding hydrogens is 396 g/mol. The van der Waals surface area contributed by atoms with Gasteiger partial charge in [-0.25, -0.2) is 22.5 Å². The molecule has 0 saturated carbocycles. The molecule has 1 fully saturated rings. The second-order valence-corrected chi connectivity index (χ2v) is 9.09. The Balaban J connectivity index is 1.76. The summed E-state index contributed by atoms with van der Waals surface area (Å²) in [7, 11) is -1.96. The van der Waals surface area contributed by atoms with E-state index in [0.717, 1.165) is 17.2 Å². The molecular formula is C20H24N2O6S. The molecule has 2 aromatic rings. The molecule has 9 heteroatoms. The van der Waals surface area contributed by atoms with Gasteiger partial charge in [0.2, 0.25) is 10.0 Å². The summed E-state index contributed by atoms with van der Waals surface area (Å²) in [4.78, 5) is 29.3. The van der Waals surface area contributed by atoms with Gasteiger partial charge in [-0.3, -0.25) is 4.79 Å². The van der Waals surface area contributed by atoms with Crippen molar-refractivity contribution in [3.05, 3.63) is 41.1 Å². The molecule has 1 aromatic carbocycles. The molecule has 0 unspecified atom stereocenters. The van der Waals surface area contributed by atoms with E-state index in [1.165, 1.54) is 11.4 Å². The topological polar surface area (TPSA) is 103 Å². The number of rotatable bonds is 5. The fraction of sp³-hybridized carbons (Fsp3) is 0.450. The van der Waals surface area contributed by atoms with Gasteiger partial charge in [0, 0.05) is 18.5 Å². The number of carbonyl (C=O) groups is 2. The number of hydrogen-bond acceptors (Lipinski definition) is 7. The fourth-order valence-electron chi connectivity index (χ4n) is 3.60. The summed E-state index contributed by atoms with van der Waals surface area (Å²) in [6.45, 7) is 2.24. The van der Waals surface area contributed by atoms with Crippen LogP contribution in [0.2, 0.25) is 0 Å². The molecule has 1 aliphatic heterocycles. The number of ether oxygens (including phenoxy) is 2. The van der Waals surface area contributed by atoms with E-state index in [1.807, 2.05) is 31.2 Å². The molecule has 29 heavy (non-hydrogen) atoms. The molecule has 0 amide bonds. The standard InChI is InChI=1S/C20H24N2O6S/c1-13-15-6-4-5-7-16(15)21-17(18(13)20(24)27-2)12-28-19(23)14-8-10-22(11-9-14)29(3,25)26/h4-7,14H,8-12H2,1-3H3. The van der Waals surface area contributed by atoms with Crippen molar-refractivity contribution in [2.75, 3.05) is 26.5 Å². The number of piperidine rings is 1. The SMILES string of the molecule is COC(=O)c1c(COC(=O)C2CCN(S(C)(=O)=O)CC2)nc2ccccc2c1C. The van der Waals surface area contributed by atoms with Crippen LogP contribution in [0.25, 0.3) is 10.9 Å². The number of methoxy groups -OCH3 is 1. The minimum absolute atomic E-state index is 0.152. The lowest BCUT2D eigenvalue weighted by Gasteiger charge is -2.28. The van der Waals surface area contributed by atoms with Crippen molar-refractivity contribution in [2.45, 2.75) is 26.4 Å². The van der Waals surface area contributed by atoms with Crippen LogP contribution in [0.5, 0.6) is 0 Å². The first-order chi connectivity index (χ1) is 13.7. The van der Waals surface area contributed by atoms with Crippen molar-refractivity contribution in [1.29, 1.82) is 0 Å². The fourth-order valence-corrected chi connectivity index (χ4v) is 4.47. The molecule has 8 nitrogen and oxygen atoms in total. The van der Waals surface area contributed by atoms with Gasteiger partial charge in [0.05, 0.1) is 36.1 Å². The van der Waals surface area contributed by atoms with Gasteiger partial charge in [-0.1, -0.05) is 18.2 Å². The highest BCUT2D eigenvalue weighted by atomic mass is 32.2. The zero-order valence-electron chi connectivity index (χ0n) is 16.7. The number of nitrogens with zero attached hydrogens (tertiary/aromatic N) is 2. The lowest BCUT2D eigenvalue weighted by atomic mass is 9.98. The van der Waals surface area contributed by atoms with E-state index in [2.05, 4.69) is 4.98 Å². The Bertz CT molecular complexity index is 1040. The van der Waals surface area contributed by atoms with Gasteiger partial charge in [-0.2, -0.15) is 0 Å². The zero-order valence-corrected chi connectivity index (χ0v) is 17.5. The van der Waals surface area contributed by atoms with Gasteiger partial charge in [0.25, 0.3) is 0 Å². The Kier molecular flexibility index (Phi) is 6.18. The first kappa shape index (κ1) is 21.2. The summed E-state index contributed by atoms with van der Waals surface area (Å²) in [5.74, 6) is -1.33. The number of fused-ring (bicyclic) bond motifs is 1. The van der Waals surface area contributed by atoms with Crippen LogP contribution >= 0.6 is 0 Å². The molecule has 1 aromatic heterocycles. The molecule has 0 aliphatic carbocycles. The third kappa shape index (κ3) is 4.56. The van der Waals surface area contributed by atoms with Gasteiger partial charge in [0.1, 0.15) is 6.61 Å². The maximum Gasteiger partial charge on any atom is 0.340 e. The summed E-state index contributed by atoms with van der Waals surface area (Å²) >= 11 is 0. The van der Waals surface area contributed by atoms with E-state index in [9.17, 15) is 18.0 Å². The van der Waals surface area contributed by atoms with E-state index in [4.69, 9.17) is 9.47 Å². The van der Waals surface area contributed by atoms with Crippen molar-refractivity contribution >= 4 is 32.9 Å². The summed E-state index contributed by atoms with van der Waals surface area (Å²) < 4.78 is 34.9. The smallest absolute Gasteiger partial charge is 0.340 e. The molecule has 0 spiro atoms. The molecule has 2 heterocycles. The first-order valence-electron chi connectivity index (χ1n) is 9.30. The molecule has 0 N–H and O–H groups in total. The van der Waals surface area contributed by atoms with E-state index in [1.54, 1.807) is 0 Å². The minimum atomic E-state index is -3.25. The predicted molar refractivity (Wildman–Crippen MR) is 107 cm³/mol. The number of para-hydroxylation sites is 1. The molecule has 156 valence electrons. The van der Waals surface area contributed by atoms with Crippen molar-refractivity contribution in [2.24, 2.45) is 5.92 Å². The highest BCUT2D eigenvalue weighted by Crippen LogP contribution is 2.25. The van der Waals surface area contributed by atoms with Crippen molar-refractivity contribution in [3.63, 3.8) is 0 Å². The number of esters is 2. The molecule has 0 radical (unpaired) electrons. The van der Waals surface area contributed by atoms with Crippen LogP contribution < -0.4 is 0 Å². The van der Waals surface area contributed by atoms with Gasteiger partial charge in [-0.15, -0.1) is 0 Å². The normalized spacial score (nSPS) is 16.0. The third-order valence-corrected chi connectivity index (χ3v) is 6.53. The van der Waals surface area contributed by atoms with Gasteiger partial charge in [-0.05, 0) is 31.4 Å². The van der Waals surface area contributed by atoms with E-state index < -0.39 is 22.0 Å². The maximum absolute atomic E-state index is 12.5. The minimum Gasteiger partial charge on any atom is -0.465 e. The predicted octanol–water partition coefficient (Wildman–Crippen LogP) is 2.04. The second-order valence-electron chi connectivity index (χ2n) is 7.11. The summed E-state index contributed by atoms with van der Waals surface area (Å²) in [6.07, 6.45) is 1.97. The summed E-state index contributed by atoms with van der Waals surface area (Å²) in [5, 5.41) is 0.830. The molecule has 0 bridgehead atoms. The Hall–Kier alpha value is -2.52. The van der Waals surface area contributed by atoms with Gasteiger partial charge < -0.3 is 9.47 Å². The number of aryl methyl sites for hydroxylation is 1. The van der Waals surface area contributed by atoms with Crippen LogP contribution in [0.15, 0.2) is 24.3 Å². The van der Waals surface area contributed by atoms with Crippen molar-refractivity contribution in [3.8, 4) is 0 Å². The average Bonchev–Trinajstić information content (AvgIpc) is 2.71. The van der Waals surface area contributed by atoms with Crippen molar-refractivity contribution in [1.82, 2.24) is 9.29 Å². The van der Waals surface area contributed by atoms with Crippen LogP contribution in [-0.2, 0) is 30.9 Å². The number of sulfonamides is 1. The van der Waals surface area contributed by atoms with Crippen LogP contribution in [0.4, 0.5) is 0 Å². The van der Waals surface area contributed by atoms with Gasteiger partial charge in [0.15, 0.2) is 0 Å². The highest BCUT2D eigenvalue weighted by molar-refractivity contribution is 7.88. The largest absolute Gasteiger partial charge is 0.465 e. The van der Waals surface area contributed by atoms with Crippen LogP contribution in [0.3, 0.4) is 0 Å². The van der Waals surface area contributed by atoms with E-state index in [-0.39, 0.29) is 12.5 Å². The third-order valence-electron chi connectivity index (χ3n) is 5.22. The molecule has 0 atom stereocenters. The van der Waals surface area contributed by atoms with E-state index in [0.29, 0.717) is 42.7 Å². The quantitative estimate of drug-likeness (QED) is 0.682.